The van der Waals surface area contributed by atoms with Crippen LogP contribution in [0.15, 0.2) is 4.99 Å². The Balaban J connectivity index is 1.94. The van der Waals surface area contributed by atoms with Gasteiger partial charge in [-0.25, -0.2) is 4.99 Å². The summed E-state index contributed by atoms with van der Waals surface area (Å²) in [5.41, 5.74) is 0. The molecule has 0 spiro atoms. The van der Waals surface area contributed by atoms with Gasteiger partial charge in [-0.1, -0.05) is 26.7 Å². The summed E-state index contributed by atoms with van der Waals surface area (Å²) in [6.07, 6.45) is 5.82. The number of rotatable bonds is 1. The van der Waals surface area contributed by atoms with E-state index in [4.69, 9.17) is 5.26 Å². The fourth-order valence-electron chi connectivity index (χ4n) is 2.87. The summed E-state index contributed by atoms with van der Waals surface area (Å²) in [4.78, 5) is 6.71. The Morgan fingerprint density at radius 3 is 2.94 bits per heavy atom. The average Bonchev–Trinajstić information content (AvgIpc) is 2.34. The smallest absolute Gasteiger partial charge is 0.207 e. The first-order chi connectivity index (χ1) is 8.22. The Kier molecular flexibility index (Phi) is 3.85. The number of guanidine groups is 1. The van der Waals surface area contributed by atoms with E-state index in [1.807, 2.05) is 6.19 Å². The third-order valence-corrected chi connectivity index (χ3v) is 4.17. The van der Waals surface area contributed by atoms with Crippen LogP contribution in [0.3, 0.4) is 0 Å². The molecule has 0 aromatic rings. The molecule has 1 heterocycles. The topological polar surface area (TPSA) is 63.5 Å². The van der Waals surface area contributed by atoms with Gasteiger partial charge < -0.3 is 5.32 Å². The molecule has 0 bridgehead atoms. The first-order valence-corrected chi connectivity index (χ1v) is 6.40. The molecule has 2 aliphatic rings. The second-order valence-corrected chi connectivity index (χ2v) is 5.14. The van der Waals surface area contributed by atoms with Crippen LogP contribution in [0.25, 0.3) is 0 Å². The molecular formula is C12H21N5. The predicted molar refractivity (Wildman–Crippen MR) is 66.9 cm³/mol. The van der Waals surface area contributed by atoms with Gasteiger partial charge in [0.25, 0.3) is 0 Å². The highest BCUT2D eigenvalue weighted by Gasteiger charge is 2.32. The molecular weight excluding hydrogens is 214 g/mol. The van der Waals surface area contributed by atoms with Crippen LogP contribution >= 0.6 is 0 Å². The highest BCUT2D eigenvalue weighted by molar-refractivity contribution is 5.81. The Labute approximate surface area is 103 Å². The van der Waals surface area contributed by atoms with Crippen LogP contribution in [0.2, 0.25) is 0 Å². The largest absolute Gasteiger partial charge is 0.343 e. The molecule has 0 saturated heterocycles. The molecule has 2 rings (SSSR count). The summed E-state index contributed by atoms with van der Waals surface area (Å²) in [5, 5.41) is 14.2. The number of hydrogen-bond acceptors (Lipinski definition) is 5. The van der Waals surface area contributed by atoms with Crippen molar-refractivity contribution in [1.82, 2.24) is 15.5 Å². The van der Waals surface area contributed by atoms with E-state index >= 15 is 0 Å². The van der Waals surface area contributed by atoms with Crippen molar-refractivity contribution in [3.8, 4) is 6.19 Å². The van der Waals surface area contributed by atoms with Crippen molar-refractivity contribution in [2.45, 2.75) is 39.2 Å². The first kappa shape index (κ1) is 12.2. The van der Waals surface area contributed by atoms with E-state index in [9.17, 15) is 0 Å². The third kappa shape index (κ3) is 2.70. The van der Waals surface area contributed by atoms with Gasteiger partial charge in [0.1, 0.15) is 0 Å². The summed E-state index contributed by atoms with van der Waals surface area (Å²) in [5.74, 6) is 2.13. The maximum absolute atomic E-state index is 8.51. The van der Waals surface area contributed by atoms with E-state index in [0.717, 1.165) is 18.5 Å². The number of nitrogens with one attached hydrogen (secondary N) is 2. The minimum Gasteiger partial charge on any atom is -0.343 e. The molecule has 94 valence electrons. The third-order valence-electron chi connectivity index (χ3n) is 4.17. The highest BCUT2D eigenvalue weighted by Crippen LogP contribution is 2.32. The summed E-state index contributed by atoms with van der Waals surface area (Å²) in [6, 6.07) is 0.624. The second kappa shape index (κ2) is 5.37. The van der Waals surface area contributed by atoms with Crippen molar-refractivity contribution < 1.29 is 0 Å². The lowest BCUT2D eigenvalue weighted by molar-refractivity contribution is 0.0767. The van der Waals surface area contributed by atoms with Crippen LogP contribution in [-0.4, -0.2) is 30.2 Å². The number of nitrogens with zero attached hydrogens (tertiary/aromatic N) is 3. The van der Waals surface area contributed by atoms with Crippen molar-refractivity contribution in [2.24, 2.45) is 16.8 Å². The molecule has 0 radical (unpaired) electrons. The van der Waals surface area contributed by atoms with E-state index in [1.54, 1.807) is 0 Å². The lowest BCUT2D eigenvalue weighted by Gasteiger charge is -2.42. The maximum Gasteiger partial charge on any atom is 0.207 e. The van der Waals surface area contributed by atoms with E-state index in [1.165, 1.54) is 19.3 Å². The van der Waals surface area contributed by atoms with Crippen LogP contribution in [0.5, 0.6) is 0 Å². The van der Waals surface area contributed by atoms with Crippen molar-refractivity contribution in [2.75, 3.05) is 13.3 Å². The molecule has 0 unspecified atom stereocenters. The Hall–Kier alpha value is -1.28. The number of nitriles is 1. The highest BCUT2D eigenvalue weighted by atomic mass is 15.4. The second-order valence-electron chi connectivity index (χ2n) is 5.14. The summed E-state index contributed by atoms with van der Waals surface area (Å²) in [7, 11) is 0. The lowest BCUT2D eigenvalue weighted by atomic mass is 9.77. The van der Waals surface area contributed by atoms with Crippen molar-refractivity contribution in [3.05, 3.63) is 0 Å². The molecule has 1 saturated carbocycles. The van der Waals surface area contributed by atoms with E-state index in [-0.39, 0.29) is 0 Å². The van der Waals surface area contributed by atoms with Crippen molar-refractivity contribution in [1.29, 1.82) is 5.26 Å². The zero-order valence-electron chi connectivity index (χ0n) is 10.6. The van der Waals surface area contributed by atoms with Crippen LogP contribution in [-0.2, 0) is 0 Å². The molecule has 0 aromatic heterocycles. The fraction of sp³-hybridized carbons (Fsp3) is 0.833. The molecule has 2 N–H and O–H groups in total. The molecule has 5 nitrogen and oxygen atoms in total. The van der Waals surface area contributed by atoms with Crippen molar-refractivity contribution in [3.63, 3.8) is 0 Å². The molecule has 1 fully saturated rings. The fourth-order valence-corrected chi connectivity index (χ4v) is 2.87. The molecule has 17 heavy (non-hydrogen) atoms. The van der Waals surface area contributed by atoms with E-state index in [0.29, 0.717) is 18.7 Å². The predicted octanol–water partition coefficient (Wildman–Crippen LogP) is 1.06. The summed E-state index contributed by atoms with van der Waals surface area (Å²) >= 11 is 0. The van der Waals surface area contributed by atoms with Gasteiger partial charge in [-0.15, -0.1) is 0 Å². The summed E-state index contributed by atoms with van der Waals surface area (Å²) in [6.45, 7) is 6.18. The molecule has 0 amide bonds. The number of hydrogen-bond donors (Lipinski definition) is 2. The van der Waals surface area contributed by atoms with E-state index < -0.39 is 0 Å². The minimum atomic E-state index is 0.597. The quantitative estimate of drug-likeness (QED) is 0.527. The molecule has 1 aliphatic carbocycles. The zero-order chi connectivity index (χ0) is 12.3. The van der Waals surface area contributed by atoms with Gasteiger partial charge in [-0.3, -0.25) is 10.2 Å². The normalized spacial score (nSPS) is 34.4. The lowest BCUT2D eigenvalue weighted by Crippen LogP contribution is -2.53. The Bertz CT molecular complexity index is 332. The monoisotopic (exact) mass is 235 g/mol. The van der Waals surface area contributed by atoms with Gasteiger partial charge in [0, 0.05) is 6.04 Å². The number of aliphatic imine (C=N–C) groups is 1. The molecule has 5 heteroatoms. The zero-order valence-corrected chi connectivity index (χ0v) is 10.6. The first-order valence-electron chi connectivity index (χ1n) is 6.40. The van der Waals surface area contributed by atoms with Crippen LogP contribution in [0.4, 0.5) is 0 Å². The van der Waals surface area contributed by atoms with Gasteiger partial charge in [0.15, 0.2) is 6.19 Å². The molecule has 3 atom stereocenters. The molecule has 0 aromatic carbocycles. The minimum absolute atomic E-state index is 0.597. The van der Waals surface area contributed by atoms with Crippen LogP contribution in [0.1, 0.15) is 33.1 Å². The average molecular weight is 235 g/mol. The standard InChI is InChI=1S/C12H21N5/c1-9-4-3-5-11(10(9)2)17-7-15-12(14-6-13)16-8-17/h9-11H,3-5,7-8H2,1-2H3,(H2,14,15,16)/t9-,10+,11-/m0/s1. The Morgan fingerprint density at radius 2 is 2.29 bits per heavy atom. The van der Waals surface area contributed by atoms with Gasteiger partial charge in [0.2, 0.25) is 5.96 Å². The van der Waals surface area contributed by atoms with Gasteiger partial charge in [0.05, 0.1) is 13.3 Å². The van der Waals surface area contributed by atoms with Crippen LogP contribution in [0, 0.1) is 23.3 Å². The van der Waals surface area contributed by atoms with Crippen LogP contribution < -0.4 is 10.6 Å². The Morgan fingerprint density at radius 1 is 1.47 bits per heavy atom. The van der Waals surface area contributed by atoms with Gasteiger partial charge in [-0.05, 0) is 18.3 Å². The van der Waals surface area contributed by atoms with Gasteiger partial charge in [-0.2, -0.15) is 5.26 Å². The summed E-state index contributed by atoms with van der Waals surface area (Å²) < 4.78 is 0. The van der Waals surface area contributed by atoms with Gasteiger partial charge >= 0.3 is 0 Å². The van der Waals surface area contributed by atoms with E-state index in [2.05, 4.69) is 34.4 Å². The SMILES string of the molecule is C[C@@H]1[C@@H](C)CCC[C@@H]1N1CN=C(NC#N)NC1. The van der Waals surface area contributed by atoms with Crippen molar-refractivity contribution >= 4 is 5.96 Å². The maximum atomic E-state index is 8.51. The molecule has 1 aliphatic heterocycles.